The summed E-state index contributed by atoms with van der Waals surface area (Å²) in [5.74, 6) is -1.91. The molecule has 1 aromatic heterocycles. The van der Waals surface area contributed by atoms with Crippen LogP contribution in [0.25, 0.3) is 0 Å². The van der Waals surface area contributed by atoms with Crippen molar-refractivity contribution >= 4 is 11.8 Å². The van der Waals surface area contributed by atoms with Gasteiger partial charge in [-0.25, -0.2) is 8.78 Å². The van der Waals surface area contributed by atoms with Crippen LogP contribution in [0.3, 0.4) is 0 Å². The molecular weight excluding hydrogens is 346 g/mol. The minimum atomic E-state index is -0.882. The topological polar surface area (TPSA) is 71.8 Å². The van der Waals surface area contributed by atoms with Crippen molar-refractivity contribution in [3.63, 3.8) is 0 Å². The first kappa shape index (κ1) is 17.9. The highest BCUT2D eigenvalue weighted by Gasteiger charge is 2.34. The number of furan rings is 1. The molecule has 0 aliphatic carbocycles. The highest BCUT2D eigenvalue weighted by atomic mass is 19.1. The Morgan fingerprint density at radius 2 is 2.15 bits per heavy atom. The van der Waals surface area contributed by atoms with Gasteiger partial charge < -0.3 is 19.4 Å². The van der Waals surface area contributed by atoms with Gasteiger partial charge >= 0.3 is 0 Å². The van der Waals surface area contributed by atoms with Gasteiger partial charge in [0.15, 0.2) is 18.2 Å². The Kier molecular flexibility index (Phi) is 5.50. The summed E-state index contributed by atoms with van der Waals surface area (Å²) in [5.41, 5.74) is 0. The molecule has 1 fully saturated rings. The first-order chi connectivity index (χ1) is 12.5. The molecule has 1 atom stereocenters. The van der Waals surface area contributed by atoms with E-state index >= 15 is 0 Å². The van der Waals surface area contributed by atoms with E-state index in [1.807, 2.05) is 0 Å². The molecular formula is C18H18F2N2O4. The zero-order valence-corrected chi connectivity index (χ0v) is 13.9. The molecule has 1 aliphatic rings. The van der Waals surface area contributed by atoms with Gasteiger partial charge in [-0.15, -0.1) is 0 Å². The molecule has 2 heterocycles. The van der Waals surface area contributed by atoms with Crippen LogP contribution in [-0.4, -0.2) is 35.9 Å². The number of carbonyl (C=O) groups excluding carboxylic acids is 2. The largest absolute Gasteiger partial charge is 0.481 e. The van der Waals surface area contributed by atoms with E-state index in [1.54, 1.807) is 12.1 Å². The number of amides is 2. The average Bonchev–Trinajstić information content (AvgIpc) is 3.30. The second-order valence-electron chi connectivity index (χ2n) is 5.91. The molecule has 138 valence electrons. The number of nitrogens with one attached hydrogen (secondary N) is 1. The lowest BCUT2D eigenvalue weighted by atomic mass is 10.2. The van der Waals surface area contributed by atoms with Gasteiger partial charge in [-0.2, -0.15) is 0 Å². The van der Waals surface area contributed by atoms with Crippen molar-refractivity contribution in [2.75, 3.05) is 13.2 Å². The monoisotopic (exact) mass is 364 g/mol. The molecule has 1 unspecified atom stereocenters. The minimum absolute atomic E-state index is 0.210. The van der Waals surface area contributed by atoms with Crippen LogP contribution < -0.4 is 10.1 Å². The maximum atomic E-state index is 13.6. The number of halogens is 2. The van der Waals surface area contributed by atoms with Crippen LogP contribution in [-0.2, 0) is 16.1 Å². The number of ether oxygens (including phenoxy) is 1. The van der Waals surface area contributed by atoms with Gasteiger partial charge in [0.25, 0.3) is 5.91 Å². The minimum Gasteiger partial charge on any atom is -0.481 e. The number of hydrogen-bond acceptors (Lipinski definition) is 4. The highest BCUT2D eigenvalue weighted by molar-refractivity contribution is 5.88. The maximum Gasteiger partial charge on any atom is 0.261 e. The first-order valence-electron chi connectivity index (χ1n) is 8.22. The van der Waals surface area contributed by atoms with Gasteiger partial charge in [0.2, 0.25) is 5.91 Å². The normalized spacial score (nSPS) is 16.5. The third-order valence-corrected chi connectivity index (χ3v) is 4.14. The molecule has 1 aromatic carbocycles. The van der Waals surface area contributed by atoms with Crippen molar-refractivity contribution in [1.82, 2.24) is 10.2 Å². The number of carbonyl (C=O) groups is 2. The fraction of sp³-hybridized carbons (Fsp3) is 0.333. The van der Waals surface area contributed by atoms with Crippen molar-refractivity contribution in [2.45, 2.75) is 25.4 Å². The lowest BCUT2D eigenvalue weighted by Gasteiger charge is -2.24. The Morgan fingerprint density at radius 1 is 1.31 bits per heavy atom. The number of likely N-dealkylation sites (tertiary alicyclic amines) is 1. The molecule has 1 aliphatic heterocycles. The smallest absolute Gasteiger partial charge is 0.261 e. The van der Waals surface area contributed by atoms with Crippen LogP contribution in [0.15, 0.2) is 41.0 Å². The quantitative estimate of drug-likeness (QED) is 0.853. The molecule has 26 heavy (non-hydrogen) atoms. The van der Waals surface area contributed by atoms with E-state index in [9.17, 15) is 18.4 Å². The number of hydrogen-bond donors (Lipinski definition) is 1. The van der Waals surface area contributed by atoms with Crippen LogP contribution in [0.1, 0.15) is 18.6 Å². The summed E-state index contributed by atoms with van der Waals surface area (Å²) in [7, 11) is 0. The van der Waals surface area contributed by atoms with Gasteiger partial charge in [-0.05, 0) is 37.1 Å². The lowest BCUT2D eigenvalue weighted by molar-refractivity contribution is -0.140. The van der Waals surface area contributed by atoms with E-state index in [1.165, 1.54) is 11.2 Å². The van der Waals surface area contributed by atoms with Gasteiger partial charge in [0, 0.05) is 12.6 Å². The van der Waals surface area contributed by atoms with Crippen LogP contribution >= 0.6 is 0 Å². The Balaban J connectivity index is 1.54. The van der Waals surface area contributed by atoms with E-state index < -0.39 is 30.2 Å². The molecule has 0 spiro atoms. The summed E-state index contributed by atoms with van der Waals surface area (Å²) >= 11 is 0. The van der Waals surface area contributed by atoms with Gasteiger partial charge in [0.1, 0.15) is 17.6 Å². The molecule has 0 bridgehead atoms. The predicted octanol–water partition coefficient (Wildman–Crippen LogP) is 2.24. The molecule has 0 radical (unpaired) electrons. The van der Waals surface area contributed by atoms with Crippen LogP contribution in [0.5, 0.6) is 5.75 Å². The van der Waals surface area contributed by atoms with Gasteiger partial charge in [-0.3, -0.25) is 9.59 Å². The summed E-state index contributed by atoms with van der Waals surface area (Å²) in [6.07, 6.45) is 2.74. The number of benzene rings is 1. The molecule has 1 saturated heterocycles. The average molecular weight is 364 g/mol. The Morgan fingerprint density at radius 3 is 2.88 bits per heavy atom. The Bertz CT molecular complexity index is 780. The van der Waals surface area contributed by atoms with Gasteiger partial charge in [0.05, 0.1) is 12.8 Å². The standard InChI is InChI=1S/C18H18F2N2O4/c19-12-5-6-16(14(20)9-12)26-11-17(23)22-7-1-4-15(22)18(24)21-10-13-3-2-8-25-13/h2-3,5-6,8-9,15H,1,4,7,10-11H2,(H,21,24). The zero-order chi connectivity index (χ0) is 18.5. The van der Waals surface area contributed by atoms with Crippen molar-refractivity contribution in [2.24, 2.45) is 0 Å². The second kappa shape index (κ2) is 7.99. The van der Waals surface area contributed by atoms with Gasteiger partial charge in [-0.1, -0.05) is 0 Å². The first-order valence-corrected chi connectivity index (χ1v) is 8.22. The third-order valence-electron chi connectivity index (χ3n) is 4.14. The molecule has 2 amide bonds. The molecule has 0 saturated carbocycles. The molecule has 1 N–H and O–H groups in total. The highest BCUT2D eigenvalue weighted by Crippen LogP contribution is 2.20. The predicted molar refractivity (Wildman–Crippen MR) is 87.1 cm³/mol. The zero-order valence-electron chi connectivity index (χ0n) is 13.9. The van der Waals surface area contributed by atoms with E-state index in [0.717, 1.165) is 12.1 Å². The molecule has 2 aromatic rings. The molecule has 8 heteroatoms. The SMILES string of the molecule is O=C(NCc1ccco1)C1CCCN1C(=O)COc1ccc(F)cc1F. The maximum absolute atomic E-state index is 13.6. The fourth-order valence-corrected chi connectivity index (χ4v) is 2.86. The molecule has 3 rings (SSSR count). The summed E-state index contributed by atoms with van der Waals surface area (Å²) in [4.78, 5) is 26.1. The van der Waals surface area contributed by atoms with Crippen molar-refractivity contribution in [1.29, 1.82) is 0 Å². The Hall–Kier alpha value is -2.90. The van der Waals surface area contributed by atoms with E-state index in [4.69, 9.17) is 9.15 Å². The third kappa shape index (κ3) is 4.19. The summed E-state index contributed by atoms with van der Waals surface area (Å²) in [5, 5.41) is 2.73. The van der Waals surface area contributed by atoms with Crippen molar-refractivity contribution < 1.29 is 27.5 Å². The van der Waals surface area contributed by atoms with E-state index in [2.05, 4.69) is 5.32 Å². The number of nitrogens with zero attached hydrogens (tertiary/aromatic N) is 1. The summed E-state index contributed by atoms with van der Waals surface area (Å²) in [6.45, 7) is 0.235. The lowest BCUT2D eigenvalue weighted by Crippen LogP contribution is -2.47. The van der Waals surface area contributed by atoms with E-state index in [0.29, 0.717) is 31.2 Å². The summed E-state index contributed by atoms with van der Waals surface area (Å²) < 4.78 is 36.7. The summed E-state index contributed by atoms with van der Waals surface area (Å²) in [6, 6.07) is 5.71. The van der Waals surface area contributed by atoms with Crippen molar-refractivity contribution in [3.05, 3.63) is 54.0 Å². The van der Waals surface area contributed by atoms with E-state index in [-0.39, 0.29) is 18.2 Å². The van der Waals surface area contributed by atoms with Crippen LogP contribution in [0.2, 0.25) is 0 Å². The van der Waals surface area contributed by atoms with Crippen LogP contribution in [0.4, 0.5) is 8.78 Å². The fourth-order valence-electron chi connectivity index (χ4n) is 2.86. The van der Waals surface area contributed by atoms with Crippen molar-refractivity contribution in [3.8, 4) is 5.75 Å². The number of rotatable bonds is 6. The van der Waals surface area contributed by atoms with Crippen LogP contribution in [0, 0.1) is 11.6 Å². The Labute approximate surface area is 148 Å². The second-order valence-corrected chi connectivity index (χ2v) is 5.91. The molecule has 6 nitrogen and oxygen atoms in total.